The first-order valence-corrected chi connectivity index (χ1v) is 9.18. The lowest BCUT2D eigenvalue weighted by atomic mass is 9.81. The Bertz CT molecular complexity index is 695. The van der Waals surface area contributed by atoms with E-state index in [1.54, 1.807) is 0 Å². The maximum Gasteiger partial charge on any atom is 0.238 e. The normalized spacial score (nSPS) is 31.1. The zero-order chi connectivity index (χ0) is 17.0. The van der Waals surface area contributed by atoms with Gasteiger partial charge in [-0.15, -0.1) is 0 Å². The Hall–Kier alpha value is -1.90. The summed E-state index contributed by atoms with van der Waals surface area (Å²) < 4.78 is 0. The molecule has 3 fully saturated rings. The number of amides is 2. The number of aryl methyl sites for hydroxylation is 1. The number of carbonyl (C=O) groups is 2. The molecule has 0 spiro atoms. The zero-order valence-electron chi connectivity index (χ0n) is 14.7. The Morgan fingerprint density at radius 3 is 2.00 bits per heavy atom. The van der Waals surface area contributed by atoms with Gasteiger partial charge < -0.3 is 0 Å². The molecule has 4 rings (SSSR count). The van der Waals surface area contributed by atoms with Crippen molar-refractivity contribution in [3.05, 3.63) is 41.0 Å². The van der Waals surface area contributed by atoms with Gasteiger partial charge in [0.15, 0.2) is 0 Å². The number of hydrogen-bond donors (Lipinski definition) is 0. The first-order valence-electron chi connectivity index (χ1n) is 9.18. The van der Waals surface area contributed by atoms with Crippen LogP contribution >= 0.6 is 0 Å². The molecule has 3 nitrogen and oxygen atoms in total. The highest BCUT2D eigenvalue weighted by Gasteiger charge is 2.63. The van der Waals surface area contributed by atoms with Crippen LogP contribution in [0.3, 0.4) is 0 Å². The van der Waals surface area contributed by atoms with Gasteiger partial charge in [-0.3, -0.25) is 14.5 Å². The van der Waals surface area contributed by atoms with Crippen molar-refractivity contribution in [1.82, 2.24) is 0 Å². The maximum atomic E-state index is 13.0. The summed E-state index contributed by atoms with van der Waals surface area (Å²) in [6.07, 6.45) is 4.25. The monoisotopic (exact) mass is 323 g/mol. The van der Waals surface area contributed by atoms with Crippen molar-refractivity contribution in [2.24, 2.45) is 23.7 Å². The average molecular weight is 323 g/mol. The van der Waals surface area contributed by atoms with E-state index in [-0.39, 0.29) is 23.7 Å². The van der Waals surface area contributed by atoms with E-state index >= 15 is 0 Å². The number of anilines is 1. The molecule has 3 heteroatoms. The predicted molar refractivity (Wildman–Crippen MR) is 94.5 cm³/mol. The third-order valence-electron chi connectivity index (χ3n) is 6.16. The molecular formula is C21H25NO2. The maximum absolute atomic E-state index is 13.0. The molecule has 0 aromatic heterocycles. The number of allylic oxidation sites excluding steroid dienone is 2. The van der Waals surface area contributed by atoms with E-state index in [4.69, 9.17) is 0 Å². The smallest absolute Gasteiger partial charge is 0.238 e. The van der Waals surface area contributed by atoms with Crippen LogP contribution in [0.2, 0.25) is 0 Å². The second kappa shape index (κ2) is 5.58. The topological polar surface area (TPSA) is 37.4 Å². The van der Waals surface area contributed by atoms with E-state index in [1.807, 2.05) is 24.3 Å². The van der Waals surface area contributed by atoms with Crippen molar-refractivity contribution >= 4 is 17.5 Å². The molecule has 0 unspecified atom stereocenters. The predicted octanol–water partition coefficient (Wildman–Crippen LogP) is 4.12. The van der Waals surface area contributed by atoms with Gasteiger partial charge in [0.25, 0.3) is 0 Å². The molecule has 1 aromatic rings. The SMILES string of the molecule is CCCc1ccc(N2C(=O)[C@@H]3[C@@H](C2=O)[C@@H]2CC[C@@H]3C2=C(C)C)cc1. The highest BCUT2D eigenvalue weighted by atomic mass is 16.2. The van der Waals surface area contributed by atoms with E-state index in [0.29, 0.717) is 11.8 Å². The third kappa shape index (κ3) is 2.03. The quantitative estimate of drug-likeness (QED) is 0.620. The molecule has 2 saturated carbocycles. The van der Waals surface area contributed by atoms with Gasteiger partial charge in [-0.1, -0.05) is 36.6 Å². The molecule has 2 bridgehead atoms. The van der Waals surface area contributed by atoms with Crippen LogP contribution in [0.25, 0.3) is 0 Å². The fourth-order valence-corrected chi connectivity index (χ4v) is 5.35. The minimum Gasteiger partial charge on any atom is -0.274 e. The molecule has 4 atom stereocenters. The third-order valence-corrected chi connectivity index (χ3v) is 6.16. The molecule has 2 aliphatic carbocycles. The number of nitrogens with zero attached hydrogens (tertiary/aromatic N) is 1. The summed E-state index contributed by atoms with van der Waals surface area (Å²) in [6, 6.07) is 7.96. The van der Waals surface area contributed by atoms with E-state index in [9.17, 15) is 9.59 Å². The molecule has 1 saturated heterocycles. The summed E-state index contributed by atoms with van der Waals surface area (Å²) in [7, 11) is 0. The second-order valence-corrected chi connectivity index (χ2v) is 7.73. The minimum absolute atomic E-state index is 0.0270. The number of imide groups is 1. The molecule has 0 N–H and O–H groups in total. The van der Waals surface area contributed by atoms with Crippen LogP contribution in [0.5, 0.6) is 0 Å². The van der Waals surface area contributed by atoms with E-state index < -0.39 is 0 Å². The fourth-order valence-electron chi connectivity index (χ4n) is 5.35. The van der Waals surface area contributed by atoms with E-state index in [0.717, 1.165) is 31.4 Å². The molecule has 1 heterocycles. The molecule has 1 aromatic carbocycles. The number of hydrogen-bond acceptors (Lipinski definition) is 2. The van der Waals surface area contributed by atoms with Gasteiger partial charge in [-0.2, -0.15) is 0 Å². The van der Waals surface area contributed by atoms with Crippen LogP contribution in [0.4, 0.5) is 5.69 Å². The van der Waals surface area contributed by atoms with Crippen molar-refractivity contribution in [2.45, 2.75) is 46.5 Å². The lowest BCUT2D eigenvalue weighted by molar-refractivity contribution is -0.123. The van der Waals surface area contributed by atoms with Gasteiger partial charge in [-0.25, -0.2) is 0 Å². The van der Waals surface area contributed by atoms with Crippen LogP contribution in [0.1, 0.15) is 45.6 Å². The van der Waals surface area contributed by atoms with Crippen LogP contribution in [0, 0.1) is 23.7 Å². The summed E-state index contributed by atoms with van der Waals surface area (Å²) in [5, 5.41) is 0. The van der Waals surface area contributed by atoms with Gasteiger partial charge in [0, 0.05) is 0 Å². The number of fused-ring (bicyclic) bond motifs is 5. The van der Waals surface area contributed by atoms with E-state index in [2.05, 4.69) is 20.8 Å². The highest BCUT2D eigenvalue weighted by Crippen LogP contribution is 2.60. The van der Waals surface area contributed by atoms with Crippen molar-refractivity contribution in [2.75, 3.05) is 4.90 Å². The first-order chi connectivity index (χ1) is 11.5. The summed E-state index contributed by atoms with van der Waals surface area (Å²) in [4.78, 5) is 27.6. The standard InChI is InChI=1S/C21H25NO2/c1-4-5-13-6-8-14(9-7-13)22-20(23)18-15-10-11-16(17(15)12(2)3)19(18)21(22)24/h6-9,15-16,18-19H,4-5,10-11H2,1-3H3/t15-,16-,18+,19+/m1/s1. The van der Waals surface area contributed by atoms with Crippen LogP contribution in [-0.4, -0.2) is 11.8 Å². The molecule has 3 aliphatic rings. The van der Waals surface area contributed by atoms with Gasteiger partial charge in [-0.05, 0) is 62.6 Å². The van der Waals surface area contributed by atoms with Crippen molar-refractivity contribution in [3.8, 4) is 0 Å². The van der Waals surface area contributed by atoms with Gasteiger partial charge in [0.1, 0.15) is 0 Å². The van der Waals surface area contributed by atoms with Crippen LogP contribution in [0.15, 0.2) is 35.4 Å². The van der Waals surface area contributed by atoms with Gasteiger partial charge in [0.05, 0.1) is 17.5 Å². The van der Waals surface area contributed by atoms with Crippen LogP contribution < -0.4 is 4.90 Å². The number of carbonyl (C=O) groups excluding carboxylic acids is 2. The van der Waals surface area contributed by atoms with Crippen LogP contribution in [-0.2, 0) is 16.0 Å². The Morgan fingerprint density at radius 1 is 1.00 bits per heavy atom. The average Bonchev–Trinajstić information content (AvgIpc) is 3.19. The molecule has 0 radical (unpaired) electrons. The van der Waals surface area contributed by atoms with Crippen molar-refractivity contribution in [1.29, 1.82) is 0 Å². The summed E-state index contributed by atoms with van der Waals surface area (Å²) in [6.45, 7) is 6.40. The lowest BCUT2D eigenvalue weighted by Gasteiger charge is -2.19. The summed E-state index contributed by atoms with van der Waals surface area (Å²) >= 11 is 0. The summed E-state index contributed by atoms with van der Waals surface area (Å²) in [5.41, 5.74) is 4.72. The number of rotatable bonds is 3. The van der Waals surface area contributed by atoms with E-state index in [1.165, 1.54) is 21.6 Å². The molecule has 126 valence electrons. The molecule has 1 aliphatic heterocycles. The second-order valence-electron chi connectivity index (χ2n) is 7.73. The zero-order valence-corrected chi connectivity index (χ0v) is 14.7. The largest absolute Gasteiger partial charge is 0.274 e. The highest BCUT2D eigenvalue weighted by molar-refractivity contribution is 6.23. The minimum atomic E-state index is -0.114. The van der Waals surface area contributed by atoms with Gasteiger partial charge in [0.2, 0.25) is 11.8 Å². The Labute approximate surface area is 143 Å². The Kier molecular flexibility index (Phi) is 3.63. The van der Waals surface area contributed by atoms with Gasteiger partial charge >= 0.3 is 0 Å². The Balaban J connectivity index is 1.67. The lowest BCUT2D eigenvalue weighted by Crippen LogP contribution is -2.33. The molecule has 24 heavy (non-hydrogen) atoms. The molecular weight excluding hydrogens is 298 g/mol. The Morgan fingerprint density at radius 2 is 1.54 bits per heavy atom. The number of benzene rings is 1. The fraction of sp³-hybridized carbons (Fsp3) is 0.524. The van der Waals surface area contributed by atoms with Crippen molar-refractivity contribution in [3.63, 3.8) is 0 Å². The van der Waals surface area contributed by atoms with Crippen molar-refractivity contribution < 1.29 is 9.59 Å². The molecule has 2 amide bonds. The first kappa shape index (κ1) is 15.6. The summed E-state index contributed by atoms with van der Waals surface area (Å²) in [5.74, 6) is 0.419.